The summed E-state index contributed by atoms with van der Waals surface area (Å²) in [7, 11) is -3.81. The molecule has 1 heterocycles. The molecule has 30 heavy (non-hydrogen) atoms. The van der Waals surface area contributed by atoms with E-state index in [4.69, 9.17) is 9.63 Å². The summed E-state index contributed by atoms with van der Waals surface area (Å²) in [4.78, 5) is 22.8. The molecule has 3 N–H and O–H groups in total. The summed E-state index contributed by atoms with van der Waals surface area (Å²) in [6, 6.07) is 12.2. The summed E-state index contributed by atoms with van der Waals surface area (Å²) in [6.07, 6.45) is 1.62. The summed E-state index contributed by atoms with van der Waals surface area (Å²) in [6.45, 7) is 1.62. The third kappa shape index (κ3) is 5.23. The van der Waals surface area contributed by atoms with Crippen LogP contribution in [0.5, 0.6) is 0 Å². The monoisotopic (exact) mass is 429 g/mol. The van der Waals surface area contributed by atoms with Crippen molar-refractivity contribution in [1.29, 1.82) is 0 Å². The number of anilines is 2. The zero-order valence-electron chi connectivity index (χ0n) is 16.0. The Hall–Kier alpha value is -3.66. The van der Waals surface area contributed by atoms with Crippen molar-refractivity contribution in [3.05, 3.63) is 71.6 Å². The lowest BCUT2D eigenvalue weighted by atomic mass is 10.1. The average Bonchev–Trinajstić information content (AvgIpc) is 3.14. The van der Waals surface area contributed by atoms with Crippen LogP contribution < -0.4 is 10.0 Å². The third-order valence-corrected chi connectivity index (χ3v) is 5.65. The van der Waals surface area contributed by atoms with E-state index in [2.05, 4.69) is 15.2 Å². The Morgan fingerprint density at radius 1 is 1.03 bits per heavy atom. The number of nitrogens with zero attached hydrogens (tertiary/aromatic N) is 1. The first kappa shape index (κ1) is 21.1. The van der Waals surface area contributed by atoms with Gasteiger partial charge in [-0.1, -0.05) is 17.3 Å². The first-order chi connectivity index (χ1) is 14.2. The van der Waals surface area contributed by atoms with Crippen LogP contribution in [-0.2, 0) is 21.2 Å². The van der Waals surface area contributed by atoms with Gasteiger partial charge in [0.2, 0.25) is 0 Å². The molecule has 0 unspecified atom stereocenters. The fraction of sp³-hybridized carbons (Fsp3) is 0.150. The van der Waals surface area contributed by atoms with E-state index in [-0.39, 0.29) is 17.2 Å². The number of aliphatic carboxylic acids is 1. The van der Waals surface area contributed by atoms with Crippen molar-refractivity contribution < 1.29 is 27.6 Å². The lowest BCUT2D eigenvalue weighted by Gasteiger charge is -2.10. The van der Waals surface area contributed by atoms with E-state index in [1.165, 1.54) is 30.5 Å². The molecular weight excluding hydrogens is 410 g/mol. The van der Waals surface area contributed by atoms with Crippen LogP contribution in [0, 0.1) is 6.92 Å². The number of carbonyl (C=O) groups is 2. The highest BCUT2D eigenvalue weighted by molar-refractivity contribution is 7.92. The van der Waals surface area contributed by atoms with Crippen LogP contribution in [0.3, 0.4) is 0 Å². The van der Waals surface area contributed by atoms with Gasteiger partial charge in [0.05, 0.1) is 11.1 Å². The number of carboxylic acid groups (broad SMARTS) is 1. The highest BCUT2D eigenvalue weighted by Crippen LogP contribution is 2.20. The van der Waals surface area contributed by atoms with Crippen molar-refractivity contribution in [3.8, 4) is 0 Å². The summed E-state index contributed by atoms with van der Waals surface area (Å²) in [5.41, 5.74) is 1.85. The molecule has 0 saturated carbocycles. The molecule has 0 atom stereocenters. The maximum absolute atomic E-state index is 12.5. The Balaban J connectivity index is 1.64. The number of benzene rings is 2. The fourth-order valence-electron chi connectivity index (χ4n) is 2.64. The van der Waals surface area contributed by atoms with E-state index in [9.17, 15) is 18.0 Å². The van der Waals surface area contributed by atoms with E-state index >= 15 is 0 Å². The van der Waals surface area contributed by atoms with Crippen molar-refractivity contribution in [3.63, 3.8) is 0 Å². The minimum absolute atomic E-state index is 0.0239. The molecule has 0 radical (unpaired) electrons. The highest BCUT2D eigenvalue weighted by atomic mass is 32.2. The number of hydrogen-bond donors (Lipinski definition) is 3. The highest BCUT2D eigenvalue weighted by Gasteiger charge is 2.15. The zero-order valence-corrected chi connectivity index (χ0v) is 16.8. The lowest BCUT2D eigenvalue weighted by Crippen LogP contribution is -2.14. The minimum Gasteiger partial charge on any atom is -0.481 e. The fourth-order valence-corrected chi connectivity index (χ4v) is 3.70. The maximum Gasteiger partial charge on any atom is 0.303 e. The SMILES string of the molecule is Cc1oncc1C(=O)Nc1ccc(NS(=O)(=O)c2ccc(CCC(=O)O)cc2)cc1. The molecular formula is C20H19N3O6S. The normalized spacial score (nSPS) is 11.1. The van der Waals surface area contributed by atoms with E-state index in [1.807, 2.05) is 0 Å². The van der Waals surface area contributed by atoms with E-state index in [0.717, 1.165) is 5.56 Å². The molecule has 3 rings (SSSR count). The second-order valence-electron chi connectivity index (χ2n) is 6.47. The van der Waals surface area contributed by atoms with Crippen molar-refractivity contribution in [2.45, 2.75) is 24.7 Å². The molecule has 0 aliphatic heterocycles. The van der Waals surface area contributed by atoms with Gasteiger partial charge in [0.1, 0.15) is 11.3 Å². The molecule has 0 aliphatic rings. The standard InChI is InChI=1S/C20H19N3O6S/c1-13-18(12-21-29-13)20(26)22-15-5-7-16(8-6-15)23-30(27,28)17-9-2-14(3-10-17)4-11-19(24)25/h2-3,5-10,12,23H,4,11H2,1H3,(H,22,26)(H,24,25). The van der Waals surface area contributed by atoms with Crippen molar-refractivity contribution in [2.75, 3.05) is 10.0 Å². The number of sulfonamides is 1. The Labute approximate surface area is 172 Å². The van der Waals surface area contributed by atoms with Crippen LogP contribution in [0.1, 0.15) is 28.1 Å². The first-order valence-electron chi connectivity index (χ1n) is 8.91. The summed E-state index contributed by atoms with van der Waals surface area (Å²) in [5, 5.41) is 14.9. The number of nitrogens with one attached hydrogen (secondary N) is 2. The topological polar surface area (TPSA) is 139 Å². The number of amides is 1. The van der Waals surface area contributed by atoms with E-state index in [1.54, 1.807) is 31.2 Å². The quantitative estimate of drug-likeness (QED) is 0.500. The molecule has 0 saturated heterocycles. The van der Waals surface area contributed by atoms with Gasteiger partial charge in [-0.05, 0) is 55.3 Å². The third-order valence-electron chi connectivity index (χ3n) is 4.25. The number of aryl methyl sites for hydroxylation is 2. The Kier molecular flexibility index (Phi) is 6.17. The minimum atomic E-state index is -3.81. The van der Waals surface area contributed by atoms with Gasteiger partial charge in [-0.25, -0.2) is 8.42 Å². The molecule has 1 aromatic heterocycles. The number of carbonyl (C=O) groups excluding carboxylic acids is 1. The molecule has 0 aliphatic carbocycles. The molecule has 2 aromatic carbocycles. The van der Waals surface area contributed by atoms with Gasteiger partial charge in [-0.15, -0.1) is 0 Å². The zero-order chi connectivity index (χ0) is 21.7. The van der Waals surface area contributed by atoms with Crippen LogP contribution in [-0.4, -0.2) is 30.6 Å². The summed E-state index contributed by atoms with van der Waals surface area (Å²) in [5.74, 6) is -0.902. The van der Waals surface area contributed by atoms with Gasteiger partial charge in [-0.3, -0.25) is 14.3 Å². The molecule has 0 bridgehead atoms. The van der Waals surface area contributed by atoms with E-state index < -0.39 is 16.0 Å². The molecule has 0 spiro atoms. The molecule has 1 amide bonds. The number of hydrogen-bond acceptors (Lipinski definition) is 6. The van der Waals surface area contributed by atoms with Gasteiger partial charge in [-0.2, -0.15) is 0 Å². The number of aromatic nitrogens is 1. The molecule has 0 fully saturated rings. The lowest BCUT2D eigenvalue weighted by molar-refractivity contribution is -0.136. The van der Waals surface area contributed by atoms with Crippen LogP contribution in [0.4, 0.5) is 11.4 Å². The summed E-state index contributed by atoms with van der Waals surface area (Å²) < 4.78 is 32.4. The Bertz CT molecular complexity index is 1150. The van der Waals surface area contributed by atoms with E-state index in [0.29, 0.717) is 29.1 Å². The molecule has 10 heteroatoms. The molecule has 156 valence electrons. The van der Waals surface area contributed by atoms with Crippen LogP contribution >= 0.6 is 0 Å². The van der Waals surface area contributed by atoms with Crippen molar-refractivity contribution in [1.82, 2.24) is 5.16 Å². The largest absolute Gasteiger partial charge is 0.481 e. The van der Waals surface area contributed by atoms with Gasteiger partial charge in [0.25, 0.3) is 15.9 Å². The maximum atomic E-state index is 12.5. The predicted molar refractivity (Wildman–Crippen MR) is 109 cm³/mol. The smallest absolute Gasteiger partial charge is 0.303 e. The van der Waals surface area contributed by atoms with Crippen molar-refractivity contribution >= 4 is 33.3 Å². The Morgan fingerprint density at radius 3 is 2.23 bits per heavy atom. The Morgan fingerprint density at radius 2 is 1.67 bits per heavy atom. The summed E-state index contributed by atoms with van der Waals surface area (Å²) >= 11 is 0. The van der Waals surface area contributed by atoms with Gasteiger partial charge < -0.3 is 14.9 Å². The average molecular weight is 429 g/mol. The first-order valence-corrected chi connectivity index (χ1v) is 10.4. The predicted octanol–water partition coefficient (Wildman–Crippen LogP) is 3.05. The van der Waals surface area contributed by atoms with Crippen molar-refractivity contribution in [2.24, 2.45) is 0 Å². The van der Waals surface area contributed by atoms with Gasteiger partial charge >= 0.3 is 5.97 Å². The van der Waals surface area contributed by atoms with Gasteiger partial charge in [0.15, 0.2) is 0 Å². The molecule has 3 aromatic rings. The second kappa shape index (κ2) is 8.78. The van der Waals surface area contributed by atoms with Crippen LogP contribution in [0.15, 0.2) is 64.1 Å². The van der Waals surface area contributed by atoms with Crippen LogP contribution in [0.25, 0.3) is 0 Å². The van der Waals surface area contributed by atoms with Gasteiger partial charge in [0, 0.05) is 17.8 Å². The second-order valence-corrected chi connectivity index (χ2v) is 8.15. The molecule has 9 nitrogen and oxygen atoms in total. The number of rotatable bonds is 8. The number of carboxylic acids is 1. The van der Waals surface area contributed by atoms with Crippen LogP contribution in [0.2, 0.25) is 0 Å².